The quantitative estimate of drug-likeness (QED) is 0.508. The number of aryl methyl sites for hydroxylation is 2. The Hall–Kier alpha value is -1.14. The van der Waals surface area contributed by atoms with Crippen molar-refractivity contribution in [1.29, 1.82) is 0 Å². The molecule has 0 bridgehead atoms. The fourth-order valence-corrected chi connectivity index (χ4v) is 8.29. The third kappa shape index (κ3) is 5.35. The van der Waals surface area contributed by atoms with Gasteiger partial charge in [-0.1, -0.05) is 6.07 Å². The number of anilines is 1. The molecule has 7 rings (SSSR count). The minimum Gasteiger partial charge on any atom is -0.315 e. The summed E-state index contributed by atoms with van der Waals surface area (Å²) in [4.78, 5) is 17.2. The van der Waals surface area contributed by atoms with Gasteiger partial charge in [-0.2, -0.15) is 12.7 Å². The van der Waals surface area contributed by atoms with E-state index in [4.69, 9.17) is 0 Å². The maximum absolute atomic E-state index is 12.7. The highest BCUT2D eigenvalue weighted by Gasteiger charge is 2.47. The van der Waals surface area contributed by atoms with Crippen molar-refractivity contribution in [2.75, 3.05) is 58.7 Å². The van der Waals surface area contributed by atoms with Gasteiger partial charge >= 0.3 is 16.2 Å². The van der Waals surface area contributed by atoms with E-state index >= 15 is 0 Å². The lowest BCUT2D eigenvalue weighted by molar-refractivity contribution is 0.0826. The summed E-state index contributed by atoms with van der Waals surface area (Å²) in [5.74, 6) is 1.37. The van der Waals surface area contributed by atoms with Crippen molar-refractivity contribution in [2.24, 2.45) is 11.8 Å². The van der Waals surface area contributed by atoms with Crippen molar-refractivity contribution >= 4 is 46.7 Å². The Balaban J connectivity index is 0.000000273. The van der Waals surface area contributed by atoms with Crippen LogP contribution in [0.1, 0.15) is 35.1 Å². The number of likely N-dealkylation sites (N-methyl/N-ethyl adjacent to an activating group) is 2. The van der Waals surface area contributed by atoms with Crippen LogP contribution >= 0.6 is 24.8 Å². The number of rotatable bonds is 3. The van der Waals surface area contributed by atoms with Gasteiger partial charge in [0.2, 0.25) is 0 Å². The summed E-state index contributed by atoms with van der Waals surface area (Å²) in [7, 11) is 0.398. The Morgan fingerprint density at radius 3 is 2.03 bits per heavy atom. The fraction of sp³-hybridized carbons (Fsp3) is 0.720. The third-order valence-corrected chi connectivity index (χ3v) is 10.5. The average Bonchev–Trinajstić information content (AvgIpc) is 3.57. The topological polar surface area (TPSA) is 97.0 Å². The number of amides is 2. The maximum Gasteiger partial charge on any atom is 0.333 e. The first kappa shape index (κ1) is 28.9. The van der Waals surface area contributed by atoms with Gasteiger partial charge in [0, 0.05) is 68.9 Å². The summed E-state index contributed by atoms with van der Waals surface area (Å²) in [6.45, 7) is 5.67. The molecule has 0 spiro atoms. The lowest BCUT2D eigenvalue weighted by atomic mass is 9.93. The molecular formula is C25H40Cl2N6O3S. The number of nitrogens with zero attached hydrogens (tertiary/aromatic N) is 3. The molecule has 208 valence electrons. The maximum atomic E-state index is 12.7. The smallest absolute Gasteiger partial charge is 0.315 e. The highest BCUT2D eigenvalue weighted by molar-refractivity contribution is 7.87. The summed E-state index contributed by atoms with van der Waals surface area (Å²) in [6.07, 6.45) is 6.18. The Bertz CT molecular complexity index is 1100. The average molecular weight is 576 g/mol. The van der Waals surface area contributed by atoms with Gasteiger partial charge in [0.15, 0.2) is 0 Å². The normalized spacial score (nSPS) is 29.7. The van der Waals surface area contributed by atoms with Crippen LogP contribution in [0.5, 0.6) is 0 Å². The van der Waals surface area contributed by atoms with Crippen molar-refractivity contribution in [2.45, 2.75) is 50.6 Å². The van der Waals surface area contributed by atoms with E-state index < -0.39 is 16.2 Å². The van der Waals surface area contributed by atoms with Crippen LogP contribution in [-0.4, -0.2) is 94.0 Å². The van der Waals surface area contributed by atoms with E-state index in [0.29, 0.717) is 19.0 Å². The van der Waals surface area contributed by atoms with Crippen LogP contribution in [0.15, 0.2) is 6.07 Å². The van der Waals surface area contributed by atoms with E-state index in [0.717, 1.165) is 62.7 Å². The van der Waals surface area contributed by atoms with Gasteiger partial charge in [0.05, 0.1) is 0 Å². The van der Waals surface area contributed by atoms with Crippen molar-refractivity contribution in [1.82, 2.24) is 24.1 Å². The first-order valence-corrected chi connectivity index (χ1v) is 14.6. The number of fused-ring (bicyclic) bond motifs is 4. The molecule has 2 aliphatic carbocycles. The van der Waals surface area contributed by atoms with Gasteiger partial charge in [-0.05, 0) is 74.9 Å². The number of benzene rings is 1. The van der Waals surface area contributed by atoms with Gasteiger partial charge in [-0.3, -0.25) is 0 Å². The zero-order valence-electron chi connectivity index (χ0n) is 21.7. The number of urea groups is 1. The highest BCUT2D eigenvalue weighted by atomic mass is 35.5. The zero-order chi connectivity index (χ0) is 24.3. The van der Waals surface area contributed by atoms with Gasteiger partial charge in [-0.25, -0.2) is 9.52 Å². The molecule has 0 radical (unpaired) electrons. The summed E-state index contributed by atoms with van der Waals surface area (Å²) < 4.78 is 29.0. The predicted molar refractivity (Wildman–Crippen MR) is 150 cm³/mol. The molecule has 3 N–H and O–H groups in total. The minimum absolute atomic E-state index is 0. The molecule has 0 aromatic heterocycles. The largest absolute Gasteiger partial charge is 0.333 e. The molecule has 4 saturated heterocycles. The Kier molecular flexibility index (Phi) is 8.70. The first-order chi connectivity index (χ1) is 16.8. The molecule has 4 unspecified atom stereocenters. The predicted octanol–water partition coefficient (Wildman–Crippen LogP) is 1.64. The molecule has 4 heterocycles. The Labute approximate surface area is 233 Å². The van der Waals surface area contributed by atoms with Crippen LogP contribution in [0.4, 0.5) is 10.5 Å². The molecule has 0 saturated carbocycles. The number of hydrogen-bond donors (Lipinski definition) is 3. The minimum atomic E-state index is -3.81. The second kappa shape index (κ2) is 11.2. The molecule has 4 fully saturated rings. The van der Waals surface area contributed by atoms with E-state index in [1.54, 1.807) is 0 Å². The summed E-state index contributed by atoms with van der Waals surface area (Å²) in [5, 5.41) is 6.28. The van der Waals surface area contributed by atoms with Crippen LogP contribution in [0, 0.1) is 11.8 Å². The summed E-state index contributed by atoms with van der Waals surface area (Å²) >= 11 is 0. The van der Waals surface area contributed by atoms with Crippen molar-refractivity contribution in [3.63, 3.8) is 0 Å². The summed E-state index contributed by atoms with van der Waals surface area (Å²) in [5.41, 5.74) is 5.89. The molecule has 4 aliphatic heterocycles. The number of hydrogen-bond acceptors (Lipinski definition) is 6. The van der Waals surface area contributed by atoms with Crippen molar-refractivity contribution < 1.29 is 13.2 Å². The van der Waals surface area contributed by atoms with Crippen molar-refractivity contribution in [3.8, 4) is 0 Å². The lowest BCUT2D eigenvalue weighted by Gasteiger charge is -2.40. The van der Waals surface area contributed by atoms with Gasteiger partial charge < -0.3 is 20.4 Å². The number of carbonyl (C=O) groups excluding carboxylic acids is 1. The molecule has 4 atom stereocenters. The van der Waals surface area contributed by atoms with Gasteiger partial charge in [0.25, 0.3) is 0 Å². The number of likely N-dealkylation sites (tertiary alicyclic amines) is 2. The zero-order valence-corrected chi connectivity index (χ0v) is 24.1. The van der Waals surface area contributed by atoms with E-state index in [1.807, 2.05) is 7.05 Å². The highest BCUT2D eigenvalue weighted by Crippen LogP contribution is 2.38. The Morgan fingerprint density at radius 1 is 0.865 bits per heavy atom. The number of nitrogens with one attached hydrogen (secondary N) is 3. The van der Waals surface area contributed by atoms with E-state index in [2.05, 4.69) is 38.3 Å². The van der Waals surface area contributed by atoms with Crippen LogP contribution in [0.2, 0.25) is 0 Å². The SMILES string of the molecule is CN1CC2CN(S(=O)(=O)NC(=O)Nc3c4c(cc5c3CCC5)CCC4)CC21.CN1CC2CNCC21.Cl.Cl. The molecule has 1 aromatic carbocycles. The van der Waals surface area contributed by atoms with Gasteiger partial charge in [0.1, 0.15) is 0 Å². The van der Waals surface area contributed by atoms with Crippen LogP contribution in [-0.2, 0) is 35.9 Å². The van der Waals surface area contributed by atoms with Crippen molar-refractivity contribution in [3.05, 3.63) is 28.3 Å². The molecule has 6 aliphatic rings. The summed E-state index contributed by atoms with van der Waals surface area (Å²) in [6, 6.07) is 2.82. The third-order valence-electron chi connectivity index (χ3n) is 9.13. The van der Waals surface area contributed by atoms with Gasteiger partial charge in [-0.15, -0.1) is 24.8 Å². The molecule has 12 heteroatoms. The van der Waals surface area contributed by atoms with E-state index in [-0.39, 0.29) is 30.9 Å². The molecule has 37 heavy (non-hydrogen) atoms. The monoisotopic (exact) mass is 574 g/mol. The molecule has 1 aromatic rings. The molecule has 2 amide bonds. The van der Waals surface area contributed by atoms with Crippen LogP contribution < -0.4 is 15.4 Å². The molecule has 9 nitrogen and oxygen atoms in total. The van der Waals surface area contributed by atoms with Crippen LogP contribution in [0.3, 0.4) is 0 Å². The lowest BCUT2D eigenvalue weighted by Crippen LogP contribution is -2.53. The fourth-order valence-electron chi connectivity index (χ4n) is 7.13. The van der Waals surface area contributed by atoms with E-state index in [9.17, 15) is 13.2 Å². The molecular weight excluding hydrogens is 535 g/mol. The van der Waals surface area contributed by atoms with Crippen LogP contribution in [0.25, 0.3) is 0 Å². The Morgan fingerprint density at radius 2 is 1.49 bits per heavy atom. The standard InChI is InChI=1S/C19H26N4O3S.C6H12N2.2ClH/c1-22-9-14-10-23(11-17(14)22)27(25,26)21-19(24)20-18-15-6-2-4-12(15)8-13-5-3-7-16(13)18;1-8-4-5-2-7-3-6(5)8;;/h8,14,17H,2-7,9-11H2,1H3,(H2,20,21,24);5-7H,2-4H2,1H3;2*1H. The second-order valence-corrected chi connectivity index (χ2v) is 13.0. The van der Waals surface area contributed by atoms with E-state index in [1.165, 1.54) is 46.2 Å². The first-order valence-electron chi connectivity index (χ1n) is 13.2. The number of carbonyl (C=O) groups is 1. The second-order valence-electron chi connectivity index (χ2n) is 11.3. The number of halogens is 2.